The summed E-state index contributed by atoms with van der Waals surface area (Å²) >= 11 is 1.64. The molecule has 4 rings (SSSR count). The van der Waals surface area contributed by atoms with Gasteiger partial charge in [-0.15, -0.1) is 0 Å². The third-order valence-corrected chi connectivity index (χ3v) is 5.43. The highest BCUT2D eigenvalue weighted by atomic mass is 32.2. The van der Waals surface area contributed by atoms with Crippen LogP contribution in [0.1, 0.15) is 22.3 Å². The molecule has 2 aromatic carbocycles. The Morgan fingerprint density at radius 3 is 2.58 bits per heavy atom. The predicted octanol–water partition coefficient (Wildman–Crippen LogP) is 3.63. The highest BCUT2D eigenvalue weighted by molar-refractivity contribution is 8.00. The van der Waals surface area contributed by atoms with Crippen LogP contribution < -0.4 is 4.72 Å². The van der Waals surface area contributed by atoms with Gasteiger partial charge < -0.3 is 9.56 Å². The minimum absolute atomic E-state index is 0.118. The predicted molar refractivity (Wildman–Crippen MR) is 99.4 cm³/mol. The lowest BCUT2D eigenvalue weighted by molar-refractivity contribution is 0.135. The first kappa shape index (κ1) is 15.3. The zero-order chi connectivity index (χ0) is 16.5. The van der Waals surface area contributed by atoms with E-state index in [1.54, 1.807) is 11.9 Å². The van der Waals surface area contributed by atoms with Crippen molar-refractivity contribution in [3.05, 3.63) is 70.8 Å². The topological polar surface area (TPSA) is 46.0 Å². The molecule has 1 N–H and O–H groups in total. The largest absolute Gasteiger partial charge is 0.382 e. The van der Waals surface area contributed by atoms with E-state index in [0.29, 0.717) is 6.54 Å². The van der Waals surface area contributed by atoms with Crippen LogP contribution in [0.15, 0.2) is 58.7 Å². The van der Waals surface area contributed by atoms with Crippen molar-refractivity contribution in [1.29, 1.82) is 0 Å². The Bertz CT molecular complexity index is 796. The molecule has 0 aliphatic carbocycles. The van der Waals surface area contributed by atoms with Gasteiger partial charge in [0, 0.05) is 5.56 Å². The molecule has 0 amide bonds. The molecule has 0 spiro atoms. The Hall–Kier alpha value is -2.27. The molecule has 2 atom stereocenters. The van der Waals surface area contributed by atoms with Crippen molar-refractivity contribution in [2.45, 2.75) is 31.7 Å². The van der Waals surface area contributed by atoms with Crippen molar-refractivity contribution in [2.75, 3.05) is 0 Å². The number of fused-ring (bicyclic) bond motifs is 1. The number of rotatable bonds is 3. The van der Waals surface area contributed by atoms with Crippen LogP contribution in [0.5, 0.6) is 0 Å². The molecule has 0 bridgehead atoms. The van der Waals surface area contributed by atoms with E-state index in [1.807, 2.05) is 18.2 Å². The Morgan fingerprint density at radius 2 is 1.83 bits per heavy atom. The summed E-state index contributed by atoms with van der Waals surface area (Å²) in [6, 6.07) is 16.6. The van der Waals surface area contributed by atoms with Crippen molar-refractivity contribution in [3.63, 3.8) is 0 Å². The van der Waals surface area contributed by atoms with Crippen LogP contribution in [-0.2, 0) is 11.4 Å². The zero-order valence-corrected chi connectivity index (χ0v) is 14.5. The smallest absolute Gasteiger partial charge is 0.203 e. The van der Waals surface area contributed by atoms with Gasteiger partial charge in [0.2, 0.25) is 6.10 Å². The van der Waals surface area contributed by atoms with E-state index >= 15 is 0 Å². The fourth-order valence-corrected chi connectivity index (χ4v) is 4.15. The summed E-state index contributed by atoms with van der Waals surface area (Å²) in [7, 11) is 0. The quantitative estimate of drug-likeness (QED) is 0.870. The number of benzene rings is 2. The van der Waals surface area contributed by atoms with Gasteiger partial charge in [0.1, 0.15) is 11.0 Å². The molecule has 2 aromatic rings. The minimum Gasteiger partial charge on any atom is -0.382 e. The van der Waals surface area contributed by atoms with Crippen LogP contribution in [0.2, 0.25) is 0 Å². The van der Waals surface area contributed by atoms with Crippen LogP contribution in [-0.4, -0.2) is 22.9 Å². The first-order valence-corrected chi connectivity index (χ1v) is 8.92. The molecule has 24 heavy (non-hydrogen) atoms. The molecular weight excluding hydrogens is 318 g/mol. The van der Waals surface area contributed by atoms with Gasteiger partial charge in [0.15, 0.2) is 5.84 Å². The molecule has 0 radical (unpaired) electrons. The first-order valence-electron chi connectivity index (χ1n) is 8.04. The SMILES string of the molecule is Cc1cccc(C)c1C1=NO[C@@H]2C(=NCc3ccccc3)NS[C@H]12. The summed E-state index contributed by atoms with van der Waals surface area (Å²) in [5.74, 6) is 0.874. The third kappa shape index (κ3) is 2.69. The van der Waals surface area contributed by atoms with Crippen molar-refractivity contribution < 1.29 is 4.84 Å². The number of nitrogens with zero attached hydrogens (tertiary/aromatic N) is 2. The van der Waals surface area contributed by atoms with Gasteiger partial charge in [-0.05, 0) is 42.5 Å². The maximum Gasteiger partial charge on any atom is 0.203 e. The lowest BCUT2D eigenvalue weighted by Gasteiger charge is -2.11. The summed E-state index contributed by atoms with van der Waals surface area (Å²) in [5, 5.41) is 4.54. The fourth-order valence-electron chi connectivity index (χ4n) is 3.15. The molecule has 0 unspecified atom stereocenters. The van der Waals surface area contributed by atoms with Gasteiger partial charge in [-0.3, -0.25) is 4.99 Å². The molecule has 2 aliphatic rings. The van der Waals surface area contributed by atoms with Crippen molar-refractivity contribution >= 4 is 23.5 Å². The second-order valence-corrected chi connectivity index (χ2v) is 7.04. The molecule has 122 valence electrons. The van der Waals surface area contributed by atoms with Gasteiger partial charge in [-0.2, -0.15) is 0 Å². The summed E-state index contributed by atoms with van der Waals surface area (Å²) in [6.45, 7) is 4.89. The van der Waals surface area contributed by atoms with Crippen LogP contribution in [0, 0.1) is 13.8 Å². The monoisotopic (exact) mass is 337 g/mol. The summed E-state index contributed by atoms with van der Waals surface area (Å²) in [4.78, 5) is 10.4. The Balaban J connectivity index is 1.55. The zero-order valence-electron chi connectivity index (χ0n) is 13.7. The number of amidine groups is 1. The van der Waals surface area contributed by atoms with E-state index in [1.165, 1.54) is 22.3 Å². The number of aliphatic imine (C=N–C) groups is 1. The standard InChI is InChI=1S/C19H19N3OS/c1-12-7-6-8-13(2)15(12)16-18-17(23-21-16)19(22-24-18)20-11-14-9-4-3-5-10-14/h3-10,17-18H,11H2,1-2H3,(H,20,22)/t17-,18+/m0/s1. The molecule has 2 aliphatic heterocycles. The lowest BCUT2D eigenvalue weighted by Crippen LogP contribution is -2.29. The second-order valence-electron chi connectivity index (χ2n) is 6.10. The first-order chi connectivity index (χ1) is 11.7. The van der Waals surface area contributed by atoms with Crippen LogP contribution in [0.3, 0.4) is 0 Å². The average Bonchev–Trinajstić information content (AvgIpc) is 3.17. The average molecular weight is 337 g/mol. The number of hydrogen-bond donors (Lipinski definition) is 1. The number of aryl methyl sites for hydroxylation is 2. The molecule has 0 aromatic heterocycles. The summed E-state index contributed by atoms with van der Waals surface area (Å²) < 4.78 is 3.33. The normalized spacial score (nSPS) is 23.6. The van der Waals surface area contributed by atoms with Crippen molar-refractivity contribution in [1.82, 2.24) is 4.72 Å². The molecule has 5 heteroatoms. The van der Waals surface area contributed by atoms with E-state index in [4.69, 9.17) is 9.83 Å². The number of hydrogen-bond acceptors (Lipinski definition) is 4. The van der Waals surface area contributed by atoms with Crippen LogP contribution >= 0.6 is 11.9 Å². The molecule has 2 heterocycles. The van der Waals surface area contributed by atoms with Crippen LogP contribution in [0.25, 0.3) is 0 Å². The molecular formula is C19H19N3OS. The molecule has 1 saturated heterocycles. The highest BCUT2D eigenvalue weighted by Gasteiger charge is 2.45. The molecule has 0 saturated carbocycles. The Labute approximate surface area is 146 Å². The Kier molecular flexibility index (Phi) is 4.02. The van der Waals surface area contributed by atoms with Gasteiger partial charge >= 0.3 is 0 Å². The van der Waals surface area contributed by atoms with Gasteiger partial charge in [-0.25, -0.2) is 0 Å². The van der Waals surface area contributed by atoms with Gasteiger partial charge in [0.05, 0.1) is 6.54 Å². The third-order valence-electron chi connectivity index (χ3n) is 4.38. The van der Waals surface area contributed by atoms with E-state index in [2.05, 4.69) is 54.1 Å². The highest BCUT2D eigenvalue weighted by Crippen LogP contribution is 2.34. The summed E-state index contributed by atoms with van der Waals surface area (Å²) in [5.41, 5.74) is 5.86. The van der Waals surface area contributed by atoms with Crippen molar-refractivity contribution in [3.8, 4) is 0 Å². The van der Waals surface area contributed by atoms with Crippen molar-refractivity contribution in [2.24, 2.45) is 10.1 Å². The number of nitrogens with one attached hydrogen (secondary N) is 1. The lowest BCUT2D eigenvalue weighted by atomic mass is 9.95. The van der Waals surface area contributed by atoms with Gasteiger partial charge in [0.25, 0.3) is 0 Å². The van der Waals surface area contributed by atoms with Crippen LogP contribution in [0.4, 0.5) is 0 Å². The molecule has 1 fully saturated rings. The van der Waals surface area contributed by atoms with E-state index in [9.17, 15) is 0 Å². The second kappa shape index (κ2) is 6.32. The van der Waals surface area contributed by atoms with Gasteiger partial charge in [-0.1, -0.05) is 53.7 Å². The maximum absolute atomic E-state index is 5.73. The summed E-state index contributed by atoms with van der Waals surface area (Å²) in [6.07, 6.45) is -0.118. The van der Waals surface area contributed by atoms with E-state index < -0.39 is 0 Å². The number of oxime groups is 1. The van der Waals surface area contributed by atoms with E-state index in [-0.39, 0.29) is 11.4 Å². The fraction of sp³-hybridized carbons (Fsp3) is 0.263. The minimum atomic E-state index is -0.118. The molecule has 4 nitrogen and oxygen atoms in total. The Morgan fingerprint density at radius 1 is 1.08 bits per heavy atom. The van der Waals surface area contributed by atoms with E-state index in [0.717, 1.165) is 11.5 Å². The maximum atomic E-state index is 5.73.